The summed E-state index contributed by atoms with van der Waals surface area (Å²) in [5.74, 6) is 0.738. The number of hydrogen-bond acceptors (Lipinski definition) is 1. The zero-order valence-corrected chi connectivity index (χ0v) is 9.80. The van der Waals surface area contributed by atoms with E-state index in [1.807, 2.05) is 38.0 Å². The van der Waals surface area contributed by atoms with Gasteiger partial charge in [0.1, 0.15) is 0 Å². The SMILES string of the molecule is CN(C)C(=NCC1(C(F)F)CC1)N(C)C. The maximum absolute atomic E-state index is 12.6. The molecule has 0 atom stereocenters. The quantitative estimate of drug-likeness (QED) is 0.529. The summed E-state index contributed by atoms with van der Waals surface area (Å²) in [6.45, 7) is 0.232. The predicted molar refractivity (Wildman–Crippen MR) is 57.3 cm³/mol. The van der Waals surface area contributed by atoms with Crippen LogP contribution in [0.3, 0.4) is 0 Å². The number of aliphatic imine (C=N–C) groups is 1. The lowest BCUT2D eigenvalue weighted by Gasteiger charge is -2.23. The van der Waals surface area contributed by atoms with Gasteiger partial charge in [0.05, 0.1) is 12.0 Å². The van der Waals surface area contributed by atoms with Crippen LogP contribution in [0.15, 0.2) is 4.99 Å². The first-order valence-corrected chi connectivity index (χ1v) is 5.06. The maximum atomic E-state index is 12.6. The predicted octanol–water partition coefficient (Wildman–Crippen LogP) is 1.51. The van der Waals surface area contributed by atoms with Crippen molar-refractivity contribution in [1.29, 1.82) is 0 Å². The Labute approximate surface area is 89.8 Å². The largest absolute Gasteiger partial charge is 0.349 e. The lowest BCUT2D eigenvalue weighted by molar-refractivity contribution is 0.0664. The van der Waals surface area contributed by atoms with Crippen LogP contribution >= 0.6 is 0 Å². The monoisotopic (exact) mass is 219 g/mol. The van der Waals surface area contributed by atoms with E-state index in [2.05, 4.69) is 4.99 Å². The first-order chi connectivity index (χ1) is 6.89. The van der Waals surface area contributed by atoms with Gasteiger partial charge in [0, 0.05) is 28.2 Å². The average Bonchev–Trinajstić information content (AvgIpc) is 2.84. The molecule has 0 amide bonds. The summed E-state index contributed by atoms with van der Waals surface area (Å²) in [7, 11) is 7.45. The molecule has 0 aliphatic heterocycles. The molecule has 0 heterocycles. The maximum Gasteiger partial charge on any atom is 0.245 e. The van der Waals surface area contributed by atoms with Crippen molar-refractivity contribution in [3.63, 3.8) is 0 Å². The molecule has 15 heavy (non-hydrogen) atoms. The molecule has 0 aromatic carbocycles. The Morgan fingerprint density at radius 2 is 1.67 bits per heavy atom. The highest BCUT2D eigenvalue weighted by Gasteiger charge is 2.51. The Kier molecular flexibility index (Phi) is 3.52. The highest BCUT2D eigenvalue weighted by molar-refractivity contribution is 5.79. The lowest BCUT2D eigenvalue weighted by atomic mass is 10.1. The van der Waals surface area contributed by atoms with Gasteiger partial charge in [0.25, 0.3) is 0 Å². The van der Waals surface area contributed by atoms with Crippen LogP contribution in [0.4, 0.5) is 8.78 Å². The highest BCUT2D eigenvalue weighted by atomic mass is 19.3. The minimum atomic E-state index is -2.24. The second kappa shape index (κ2) is 4.33. The van der Waals surface area contributed by atoms with E-state index in [0.717, 1.165) is 5.96 Å². The molecule has 0 saturated heterocycles. The standard InChI is InChI=1S/C10H19F2N3/c1-14(2)9(15(3)4)13-7-10(5-6-10)8(11)12/h8H,5-7H2,1-4H3. The molecule has 0 unspecified atom stereocenters. The van der Waals surface area contributed by atoms with Crippen LogP contribution in [0.2, 0.25) is 0 Å². The molecule has 88 valence electrons. The average molecular weight is 219 g/mol. The van der Waals surface area contributed by atoms with Crippen molar-refractivity contribution in [1.82, 2.24) is 9.80 Å². The molecular weight excluding hydrogens is 200 g/mol. The summed E-state index contributed by atoms with van der Waals surface area (Å²) in [5.41, 5.74) is -0.822. The minimum absolute atomic E-state index is 0.232. The molecule has 1 rings (SSSR count). The van der Waals surface area contributed by atoms with Gasteiger partial charge >= 0.3 is 0 Å². The van der Waals surface area contributed by atoms with Gasteiger partial charge in [-0.15, -0.1) is 0 Å². The summed E-state index contributed by atoms with van der Waals surface area (Å²) in [4.78, 5) is 7.94. The summed E-state index contributed by atoms with van der Waals surface area (Å²) in [6.07, 6.45) is -1.04. The van der Waals surface area contributed by atoms with Gasteiger partial charge in [0.15, 0.2) is 5.96 Å². The van der Waals surface area contributed by atoms with Crippen LogP contribution in [-0.2, 0) is 0 Å². The number of alkyl halides is 2. The summed E-state index contributed by atoms with van der Waals surface area (Å²) in [5, 5.41) is 0. The van der Waals surface area contributed by atoms with Gasteiger partial charge in [-0.05, 0) is 12.8 Å². The molecule has 1 fully saturated rings. The van der Waals surface area contributed by atoms with Gasteiger partial charge in [-0.2, -0.15) is 0 Å². The molecular formula is C10H19F2N3. The third-order valence-electron chi connectivity index (χ3n) is 2.69. The number of nitrogens with zero attached hydrogens (tertiary/aromatic N) is 3. The van der Waals surface area contributed by atoms with Gasteiger partial charge < -0.3 is 9.80 Å². The van der Waals surface area contributed by atoms with E-state index < -0.39 is 11.8 Å². The summed E-state index contributed by atoms with van der Waals surface area (Å²) >= 11 is 0. The molecule has 0 spiro atoms. The second-order valence-electron chi connectivity index (χ2n) is 4.57. The van der Waals surface area contributed by atoms with E-state index in [1.54, 1.807) is 0 Å². The first-order valence-electron chi connectivity index (χ1n) is 5.06. The number of halogens is 2. The fourth-order valence-corrected chi connectivity index (χ4v) is 1.52. The van der Waals surface area contributed by atoms with Gasteiger partial charge in [0.2, 0.25) is 6.43 Å². The van der Waals surface area contributed by atoms with E-state index in [0.29, 0.717) is 12.8 Å². The summed E-state index contributed by atoms with van der Waals surface area (Å²) in [6, 6.07) is 0. The Morgan fingerprint density at radius 1 is 1.20 bits per heavy atom. The van der Waals surface area contributed by atoms with E-state index in [1.165, 1.54) is 0 Å². The normalized spacial score (nSPS) is 17.5. The van der Waals surface area contributed by atoms with Crippen molar-refractivity contribution in [3.05, 3.63) is 0 Å². The van der Waals surface area contributed by atoms with Crippen molar-refractivity contribution >= 4 is 5.96 Å². The van der Waals surface area contributed by atoms with Crippen molar-refractivity contribution in [2.75, 3.05) is 34.7 Å². The van der Waals surface area contributed by atoms with Crippen LogP contribution < -0.4 is 0 Å². The van der Waals surface area contributed by atoms with Crippen LogP contribution in [0, 0.1) is 5.41 Å². The van der Waals surface area contributed by atoms with E-state index in [9.17, 15) is 8.78 Å². The smallest absolute Gasteiger partial charge is 0.245 e. The minimum Gasteiger partial charge on any atom is -0.349 e. The molecule has 0 bridgehead atoms. The Bertz CT molecular complexity index is 235. The van der Waals surface area contributed by atoms with Crippen molar-refractivity contribution < 1.29 is 8.78 Å². The molecule has 1 saturated carbocycles. The van der Waals surface area contributed by atoms with Crippen molar-refractivity contribution in [3.8, 4) is 0 Å². The molecule has 0 aromatic rings. The van der Waals surface area contributed by atoms with Crippen LogP contribution in [0.25, 0.3) is 0 Å². The van der Waals surface area contributed by atoms with Gasteiger partial charge in [-0.3, -0.25) is 4.99 Å². The fraction of sp³-hybridized carbons (Fsp3) is 0.900. The van der Waals surface area contributed by atoms with Crippen molar-refractivity contribution in [2.45, 2.75) is 19.3 Å². The van der Waals surface area contributed by atoms with E-state index in [-0.39, 0.29) is 6.54 Å². The van der Waals surface area contributed by atoms with Crippen LogP contribution in [0.5, 0.6) is 0 Å². The Hall–Kier alpha value is -0.870. The number of hydrogen-bond donors (Lipinski definition) is 0. The molecule has 1 aliphatic carbocycles. The zero-order valence-electron chi connectivity index (χ0n) is 9.80. The summed E-state index contributed by atoms with van der Waals surface area (Å²) < 4.78 is 25.3. The fourth-order valence-electron chi connectivity index (χ4n) is 1.52. The Balaban J connectivity index is 2.62. The Morgan fingerprint density at radius 3 is 1.93 bits per heavy atom. The molecule has 5 heteroatoms. The highest BCUT2D eigenvalue weighted by Crippen LogP contribution is 2.50. The zero-order chi connectivity index (χ0) is 11.6. The van der Waals surface area contributed by atoms with E-state index in [4.69, 9.17) is 0 Å². The van der Waals surface area contributed by atoms with Crippen LogP contribution in [0.1, 0.15) is 12.8 Å². The van der Waals surface area contributed by atoms with Gasteiger partial charge in [-0.25, -0.2) is 8.78 Å². The van der Waals surface area contributed by atoms with Crippen molar-refractivity contribution in [2.24, 2.45) is 10.4 Å². The van der Waals surface area contributed by atoms with E-state index >= 15 is 0 Å². The lowest BCUT2D eigenvalue weighted by Crippen LogP contribution is -2.36. The molecule has 3 nitrogen and oxygen atoms in total. The second-order valence-corrected chi connectivity index (χ2v) is 4.57. The van der Waals surface area contributed by atoms with Gasteiger partial charge in [-0.1, -0.05) is 0 Å². The third kappa shape index (κ3) is 2.79. The third-order valence-corrected chi connectivity index (χ3v) is 2.69. The number of rotatable bonds is 3. The number of guanidine groups is 1. The molecule has 0 N–H and O–H groups in total. The molecule has 1 aliphatic rings. The topological polar surface area (TPSA) is 18.8 Å². The molecule has 0 radical (unpaired) electrons. The van der Waals surface area contributed by atoms with Crippen LogP contribution in [-0.4, -0.2) is 56.9 Å². The first kappa shape index (κ1) is 12.2. The molecule has 0 aromatic heterocycles.